The van der Waals surface area contributed by atoms with E-state index in [0.717, 1.165) is 53.3 Å². The van der Waals surface area contributed by atoms with Gasteiger partial charge in [-0.3, -0.25) is 9.59 Å². The zero-order valence-corrected chi connectivity index (χ0v) is 22.1. The molecule has 3 aromatic rings. The molecule has 1 fully saturated rings. The van der Waals surface area contributed by atoms with Gasteiger partial charge >= 0.3 is 5.97 Å². The first-order valence-electron chi connectivity index (χ1n) is 13.3. The minimum Gasteiger partial charge on any atom is -0.458 e. The van der Waals surface area contributed by atoms with Crippen LogP contribution in [0.1, 0.15) is 78.5 Å². The van der Waals surface area contributed by atoms with Crippen molar-refractivity contribution in [1.29, 1.82) is 0 Å². The maximum absolute atomic E-state index is 13.7. The SMILES string of the molecule is CC[C@@]1(O)C(=O)OCc2c1cc1n(c2=O)Cc2c-1nc1cc(Cl)c(C)c3c1c2[C@@H](NC(=O)CC1CC1)CC3. The number of nitrogens with zero attached hydrogens (tertiary/aromatic N) is 2. The van der Waals surface area contributed by atoms with Crippen LogP contribution in [-0.2, 0) is 39.5 Å². The molecule has 0 bridgehead atoms. The van der Waals surface area contributed by atoms with Gasteiger partial charge in [-0.05, 0) is 73.8 Å². The predicted octanol–water partition coefficient (Wildman–Crippen LogP) is 3.95. The highest BCUT2D eigenvalue weighted by Gasteiger charge is 2.46. The van der Waals surface area contributed by atoms with E-state index in [4.69, 9.17) is 21.3 Å². The number of pyridine rings is 2. The van der Waals surface area contributed by atoms with E-state index in [1.165, 1.54) is 0 Å². The fourth-order valence-corrected chi connectivity index (χ4v) is 6.75. The molecule has 7 rings (SSSR count). The molecule has 2 aromatic heterocycles. The van der Waals surface area contributed by atoms with Crippen LogP contribution in [0.5, 0.6) is 0 Å². The van der Waals surface area contributed by atoms with Gasteiger partial charge in [0.15, 0.2) is 5.60 Å². The topological polar surface area (TPSA) is 111 Å². The maximum atomic E-state index is 13.7. The minimum atomic E-state index is -1.89. The lowest BCUT2D eigenvalue weighted by molar-refractivity contribution is -0.172. The second-order valence-corrected chi connectivity index (χ2v) is 11.5. The van der Waals surface area contributed by atoms with Gasteiger partial charge in [0, 0.05) is 28.0 Å². The number of ether oxygens (including phenoxy) is 1. The minimum absolute atomic E-state index is 0.0529. The van der Waals surface area contributed by atoms with Gasteiger partial charge in [0.05, 0.1) is 35.1 Å². The van der Waals surface area contributed by atoms with Crippen LogP contribution in [0.4, 0.5) is 0 Å². The quantitative estimate of drug-likeness (QED) is 0.384. The van der Waals surface area contributed by atoms with Crippen LogP contribution in [-0.4, -0.2) is 26.5 Å². The third kappa shape index (κ3) is 3.26. The van der Waals surface area contributed by atoms with Crippen molar-refractivity contribution in [3.63, 3.8) is 0 Å². The molecule has 1 amide bonds. The number of nitrogens with one attached hydrogen (secondary N) is 1. The van der Waals surface area contributed by atoms with Crippen molar-refractivity contribution in [2.75, 3.05) is 0 Å². The Hall–Kier alpha value is -3.23. The molecule has 4 heterocycles. The van der Waals surface area contributed by atoms with E-state index in [1.807, 2.05) is 13.0 Å². The summed E-state index contributed by atoms with van der Waals surface area (Å²) >= 11 is 6.63. The number of carbonyl (C=O) groups excluding carboxylic acids is 2. The first-order chi connectivity index (χ1) is 18.2. The molecule has 38 heavy (non-hydrogen) atoms. The molecular weight excluding hydrogens is 506 g/mol. The number of benzene rings is 1. The Morgan fingerprint density at radius 2 is 2.03 bits per heavy atom. The molecule has 1 aromatic carbocycles. The van der Waals surface area contributed by atoms with Gasteiger partial charge in [0.1, 0.15) is 6.61 Å². The number of amides is 1. The van der Waals surface area contributed by atoms with Crippen LogP contribution in [0.3, 0.4) is 0 Å². The second kappa shape index (κ2) is 8.13. The largest absolute Gasteiger partial charge is 0.458 e. The Morgan fingerprint density at radius 3 is 2.76 bits per heavy atom. The Balaban J connectivity index is 1.46. The number of halogens is 1. The van der Waals surface area contributed by atoms with Crippen LogP contribution < -0.4 is 10.9 Å². The first kappa shape index (κ1) is 23.9. The van der Waals surface area contributed by atoms with Gasteiger partial charge in [-0.1, -0.05) is 18.5 Å². The van der Waals surface area contributed by atoms with Gasteiger partial charge in [0.2, 0.25) is 5.91 Å². The number of cyclic esters (lactones) is 1. The molecule has 2 aliphatic carbocycles. The lowest BCUT2D eigenvalue weighted by Gasteiger charge is -2.31. The number of aromatic nitrogens is 2. The Labute approximate surface area is 224 Å². The van der Waals surface area contributed by atoms with Gasteiger partial charge < -0.3 is 19.7 Å². The summed E-state index contributed by atoms with van der Waals surface area (Å²) in [5.74, 6) is -0.217. The number of aryl methyl sites for hydroxylation is 1. The molecule has 0 radical (unpaired) electrons. The highest BCUT2D eigenvalue weighted by Crippen LogP contribution is 2.46. The number of rotatable bonds is 4. The highest BCUT2D eigenvalue weighted by molar-refractivity contribution is 6.32. The van der Waals surface area contributed by atoms with E-state index < -0.39 is 11.6 Å². The third-order valence-electron chi connectivity index (χ3n) is 8.88. The lowest BCUT2D eigenvalue weighted by atomic mass is 9.81. The fraction of sp³-hybridized carbons (Fsp3) is 0.448. The number of carbonyl (C=O) groups is 2. The predicted molar refractivity (Wildman–Crippen MR) is 141 cm³/mol. The van der Waals surface area contributed by atoms with Crippen LogP contribution in [0.25, 0.3) is 22.3 Å². The van der Waals surface area contributed by atoms with E-state index >= 15 is 0 Å². The Morgan fingerprint density at radius 1 is 1.24 bits per heavy atom. The molecule has 196 valence electrons. The maximum Gasteiger partial charge on any atom is 0.343 e. The molecule has 0 spiro atoms. The standard InChI is InChI=1S/C29H28ClN3O5/c1-3-29(37)18-9-22-26-16(11-33(22)27(35)17(18)12-38-28(29)36)25-20(31-23(34)8-14-4-5-14)7-6-15-13(2)19(30)10-21(32-26)24(15)25/h9-10,14,20,37H,3-8,11-12H2,1-2H3,(H,31,34)/t20-,29-/m0/s1. The molecule has 2 atom stereocenters. The van der Waals surface area contributed by atoms with E-state index in [-0.39, 0.29) is 41.7 Å². The smallest absolute Gasteiger partial charge is 0.343 e. The number of fused-ring (bicyclic) bond motifs is 5. The van der Waals surface area contributed by atoms with Crippen molar-refractivity contribution < 1.29 is 19.4 Å². The van der Waals surface area contributed by atoms with Crippen LogP contribution >= 0.6 is 11.6 Å². The van der Waals surface area contributed by atoms with Crippen LogP contribution in [0.15, 0.2) is 16.9 Å². The summed E-state index contributed by atoms with van der Waals surface area (Å²) in [6.45, 7) is 3.82. The molecular formula is C29H28ClN3O5. The Kier molecular flexibility index (Phi) is 5.11. The third-order valence-corrected chi connectivity index (χ3v) is 9.28. The van der Waals surface area contributed by atoms with Gasteiger partial charge in [-0.2, -0.15) is 0 Å². The summed E-state index contributed by atoms with van der Waals surface area (Å²) in [5.41, 5.74) is 4.31. The molecule has 1 saturated carbocycles. The summed E-state index contributed by atoms with van der Waals surface area (Å²) in [4.78, 5) is 44.1. The highest BCUT2D eigenvalue weighted by atomic mass is 35.5. The monoisotopic (exact) mass is 533 g/mol. The average Bonchev–Trinajstić information content (AvgIpc) is 3.63. The molecule has 9 heteroatoms. The van der Waals surface area contributed by atoms with E-state index in [1.54, 1.807) is 17.6 Å². The second-order valence-electron chi connectivity index (χ2n) is 11.1. The van der Waals surface area contributed by atoms with E-state index in [9.17, 15) is 19.5 Å². The van der Waals surface area contributed by atoms with Crippen molar-refractivity contribution >= 4 is 34.4 Å². The zero-order chi connectivity index (χ0) is 26.5. The molecule has 4 aliphatic rings. The first-order valence-corrected chi connectivity index (χ1v) is 13.7. The zero-order valence-electron chi connectivity index (χ0n) is 21.3. The normalized spacial score (nSPS) is 23.1. The molecule has 0 saturated heterocycles. The van der Waals surface area contributed by atoms with Crippen molar-refractivity contribution in [2.24, 2.45) is 5.92 Å². The summed E-state index contributed by atoms with van der Waals surface area (Å²) in [7, 11) is 0. The van der Waals surface area contributed by atoms with Gasteiger partial charge in [-0.25, -0.2) is 9.78 Å². The molecule has 2 aliphatic heterocycles. The summed E-state index contributed by atoms with van der Waals surface area (Å²) < 4.78 is 6.85. The van der Waals surface area contributed by atoms with Crippen molar-refractivity contribution in [3.05, 3.63) is 60.9 Å². The lowest BCUT2D eigenvalue weighted by Crippen LogP contribution is -2.44. The van der Waals surface area contributed by atoms with Crippen molar-refractivity contribution in [3.8, 4) is 11.4 Å². The summed E-state index contributed by atoms with van der Waals surface area (Å²) in [6.07, 6.45) is 4.33. The average molecular weight is 534 g/mol. The van der Waals surface area contributed by atoms with Gasteiger partial charge in [-0.15, -0.1) is 0 Å². The van der Waals surface area contributed by atoms with E-state index in [0.29, 0.717) is 40.8 Å². The molecule has 0 unspecified atom stereocenters. The fourth-order valence-electron chi connectivity index (χ4n) is 6.54. The van der Waals surface area contributed by atoms with Crippen LogP contribution in [0.2, 0.25) is 5.02 Å². The number of aliphatic hydroxyl groups is 1. The van der Waals surface area contributed by atoms with Gasteiger partial charge in [0.25, 0.3) is 5.56 Å². The number of hydrogen-bond donors (Lipinski definition) is 2. The van der Waals surface area contributed by atoms with Crippen molar-refractivity contribution in [2.45, 2.75) is 77.2 Å². The van der Waals surface area contributed by atoms with E-state index in [2.05, 4.69) is 5.32 Å². The van der Waals surface area contributed by atoms with Crippen LogP contribution in [0, 0.1) is 12.8 Å². The summed E-state index contributed by atoms with van der Waals surface area (Å²) in [5, 5.41) is 16.1. The number of hydrogen-bond acceptors (Lipinski definition) is 6. The molecule has 2 N–H and O–H groups in total. The number of esters is 1. The Bertz CT molecular complexity index is 1660. The summed E-state index contributed by atoms with van der Waals surface area (Å²) in [6, 6.07) is 3.37. The van der Waals surface area contributed by atoms with Crippen molar-refractivity contribution in [1.82, 2.24) is 14.9 Å². The molecule has 8 nitrogen and oxygen atoms in total.